The number of ether oxygens (including phenoxy) is 1. The van der Waals surface area contributed by atoms with E-state index >= 15 is 0 Å². The van der Waals surface area contributed by atoms with Crippen LogP contribution in [0.25, 0.3) is 22.5 Å². The van der Waals surface area contributed by atoms with Gasteiger partial charge in [-0.15, -0.1) is 24.3 Å². The normalized spacial score (nSPS) is 11.2. The number of methoxy groups -OCH3 is 1. The van der Waals surface area contributed by atoms with Crippen molar-refractivity contribution in [2.45, 2.75) is 26.2 Å². The first-order valence-corrected chi connectivity index (χ1v) is 10.4. The summed E-state index contributed by atoms with van der Waals surface area (Å²) < 4.78 is 61.0. The molecule has 3 nitrogen and oxygen atoms in total. The van der Waals surface area contributed by atoms with Crippen LogP contribution in [0.3, 0.4) is 0 Å². The number of halogens is 4. The van der Waals surface area contributed by atoms with E-state index in [1.165, 1.54) is 13.2 Å². The van der Waals surface area contributed by atoms with Gasteiger partial charge >= 0.3 is 21.1 Å². The second kappa shape index (κ2) is 10.3. The van der Waals surface area contributed by atoms with E-state index in [9.17, 15) is 17.6 Å². The number of rotatable bonds is 5. The summed E-state index contributed by atoms with van der Waals surface area (Å²) >= 11 is 0. The average molecular weight is 660 g/mol. The van der Waals surface area contributed by atoms with Gasteiger partial charge in [-0.3, -0.25) is 22.5 Å². The van der Waals surface area contributed by atoms with E-state index in [1.807, 2.05) is 26.8 Å². The molecule has 4 rings (SSSR count). The standard InChI is InChI=1S/C27H20F4N2O.Pt/c1-15-9-23(19-7-5-16(28)11-21(19)30)32-25(10-15)27(2,3)26-14-18(34-4)13-24(33-26)20-8-6-17(29)12-22(20)31;/h5-6,9-14H,1-4H3;/q-2;+2. The predicted octanol–water partition coefficient (Wildman–Crippen LogP) is 6.61. The molecule has 2 aromatic heterocycles. The summed E-state index contributed by atoms with van der Waals surface area (Å²) in [6, 6.07) is 15.6. The van der Waals surface area contributed by atoms with E-state index in [2.05, 4.69) is 22.1 Å². The summed E-state index contributed by atoms with van der Waals surface area (Å²) in [4.78, 5) is 9.23. The summed E-state index contributed by atoms with van der Waals surface area (Å²) in [7, 11) is 1.47. The van der Waals surface area contributed by atoms with Gasteiger partial charge in [-0.1, -0.05) is 34.9 Å². The van der Waals surface area contributed by atoms with E-state index in [4.69, 9.17) is 4.74 Å². The molecule has 0 fully saturated rings. The van der Waals surface area contributed by atoms with Gasteiger partial charge in [0.1, 0.15) is 5.75 Å². The monoisotopic (exact) mass is 659 g/mol. The van der Waals surface area contributed by atoms with E-state index in [1.54, 1.807) is 12.1 Å². The van der Waals surface area contributed by atoms with Crippen molar-refractivity contribution in [1.29, 1.82) is 0 Å². The molecule has 0 aliphatic heterocycles. The van der Waals surface area contributed by atoms with Crippen molar-refractivity contribution in [2.24, 2.45) is 0 Å². The molecule has 0 radical (unpaired) electrons. The minimum absolute atomic E-state index is 0. The van der Waals surface area contributed by atoms with Crippen LogP contribution in [-0.4, -0.2) is 17.1 Å². The minimum atomic E-state index is -0.836. The SMILES string of the molecule is COc1cc(-c2[c-]cc(F)cc2F)nc(C(C)(C)c2cc(C)cc(-c3[c-]cc(F)cc3F)n2)c1.[Pt+2]. The third-order valence-corrected chi connectivity index (χ3v) is 5.51. The van der Waals surface area contributed by atoms with Crippen molar-refractivity contribution in [3.63, 3.8) is 0 Å². The zero-order chi connectivity index (χ0) is 24.6. The molecular formula is C27H20F4N2OPt. The topological polar surface area (TPSA) is 35.0 Å². The summed E-state index contributed by atoms with van der Waals surface area (Å²) in [5.74, 6) is -2.64. The molecule has 0 unspecified atom stereocenters. The number of hydrogen-bond acceptors (Lipinski definition) is 3. The summed E-state index contributed by atoms with van der Waals surface area (Å²) in [5, 5.41) is 0. The van der Waals surface area contributed by atoms with E-state index in [0.717, 1.165) is 29.8 Å². The van der Waals surface area contributed by atoms with E-state index in [-0.39, 0.29) is 37.9 Å². The second-order valence-corrected chi connectivity index (χ2v) is 8.40. The molecule has 0 saturated heterocycles. The second-order valence-electron chi connectivity index (χ2n) is 8.40. The predicted molar refractivity (Wildman–Crippen MR) is 120 cm³/mol. The van der Waals surface area contributed by atoms with Gasteiger partial charge in [-0.2, -0.15) is 0 Å². The summed E-state index contributed by atoms with van der Waals surface area (Å²) in [6.07, 6.45) is 0. The van der Waals surface area contributed by atoms with Gasteiger partial charge in [0, 0.05) is 46.1 Å². The van der Waals surface area contributed by atoms with Crippen molar-refractivity contribution in [3.8, 4) is 28.3 Å². The van der Waals surface area contributed by atoms with Crippen LogP contribution < -0.4 is 4.74 Å². The first kappa shape index (κ1) is 26.6. The number of aryl methyl sites for hydroxylation is 1. The third-order valence-electron chi connectivity index (χ3n) is 5.51. The van der Waals surface area contributed by atoms with Gasteiger partial charge in [-0.25, -0.2) is 0 Å². The fourth-order valence-electron chi connectivity index (χ4n) is 3.60. The molecule has 4 aromatic rings. The fourth-order valence-corrected chi connectivity index (χ4v) is 3.60. The van der Waals surface area contributed by atoms with E-state index in [0.29, 0.717) is 22.8 Å². The summed E-state index contributed by atoms with van der Waals surface area (Å²) in [5.41, 5.74) is 1.56. The van der Waals surface area contributed by atoms with Gasteiger partial charge in [0.25, 0.3) is 0 Å². The van der Waals surface area contributed by atoms with Gasteiger partial charge < -0.3 is 9.72 Å². The molecule has 0 amide bonds. The fraction of sp³-hybridized carbons (Fsp3) is 0.185. The van der Waals surface area contributed by atoms with Crippen LogP contribution in [0.5, 0.6) is 5.75 Å². The molecule has 0 N–H and O–H groups in total. The Morgan fingerprint density at radius 2 is 1.23 bits per heavy atom. The number of benzene rings is 2. The quantitative estimate of drug-likeness (QED) is 0.179. The molecule has 182 valence electrons. The number of aromatic nitrogens is 2. The van der Waals surface area contributed by atoms with Crippen LogP contribution in [0.2, 0.25) is 0 Å². The van der Waals surface area contributed by atoms with Crippen LogP contribution in [0.4, 0.5) is 17.6 Å². The minimum Gasteiger partial charge on any atom is -0.497 e. The number of nitrogens with zero attached hydrogens (tertiary/aromatic N) is 2. The van der Waals surface area contributed by atoms with Gasteiger partial charge in [0.2, 0.25) is 0 Å². The molecule has 0 aliphatic carbocycles. The maximum absolute atomic E-state index is 14.5. The number of hydrogen-bond donors (Lipinski definition) is 0. The van der Waals surface area contributed by atoms with Crippen LogP contribution in [0.15, 0.2) is 48.5 Å². The van der Waals surface area contributed by atoms with Crippen molar-refractivity contribution in [2.75, 3.05) is 7.11 Å². The van der Waals surface area contributed by atoms with Crippen molar-refractivity contribution in [1.82, 2.24) is 9.97 Å². The van der Waals surface area contributed by atoms with Crippen LogP contribution in [0, 0.1) is 42.3 Å². The Bertz CT molecular complexity index is 1390. The van der Waals surface area contributed by atoms with Gasteiger partial charge in [0.05, 0.1) is 7.11 Å². The molecule has 2 aromatic carbocycles. The Balaban J connectivity index is 0.00000342. The van der Waals surface area contributed by atoms with Crippen molar-refractivity contribution in [3.05, 3.63) is 101 Å². The summed E-state index contributed by atoms with van der Waals surface area (Å²) in [6.45, 7) is 5.55. The third kappa shape index (κ3) is 5.46. The van der Waals surface area contributed by atoms with Crippen LogP contribution >= 0.6 is 0 Å². The molecule has 35 heavy (non-hydrogen) atoms. The Hall–Kier alpha value is -3.05. The zero-order valence-electron chi connectivity index (χ0n) is 19.2. The Kier molecular flexibility index (Phi) is 7.80. The van der Waals surface area contributed by atoms with Gasteiger partial charge in [0.15, 0.2) is 0 Å². The molecule has 0 bridgehead atoms. The van der Waals surface area contributed by atoms with Gasteiger partial charge in [-0.05, 0) is 44.3 Å². The smallest absolute Gasteiger partial charge is 0.497 e. The molecule has 0 atom stereocenters. The number of pyridine rings is 2. The largest absolute Gasteiger partial charge is 2.00 e. The van der Waals surface area contributed by atoms with Crippen molar-refractivity contribution >= 4 is 0 Å². The van der Waals surface area contributed by atoms with Crippen molar-refractivity contribution < 1.29 is 43.4 Å². The first-order valence-electron chi connectivity index (χ1n) is 10.4. The Labute approximate surface area is 215 Å². The molecule has 0 aliphatic rings. The zero-order valence-corrected chi connectivity index (χ0v) is 21.5. The Morgan fingerprint density at radius 3 is 1.71 bits per heavy atom. The maximum Gasteiger partial charge on any atom is 2.00 e. The van der Waals surface area contributed by atoms with E-state index < -0.39 is 28.7 Å². The van der Waals surface area contributed by atoms with Crippen LogP contribution in [0.1, 0.15) is 30.8 Å². The molecule has 0 spiro atoms. The molecular weight excluding hydrogens is 639 g/mol. The Morgan fingerprint density at radius 1 is 0.743 bits per heavy atom. The molecule has 8 heteroatoms. The molecule has 2 heterocycles. The molecule has 0 saturated carbocycles. The van der Waals surface area contributed by atoms with Crippen LogP contribution in [-0.2, 0) is 26.5 Å². The first-order chi connectivity index (χ1) is 16.1. The average Bonchev–Trinajstić information content (AvgIpc) is 2.78. The maximum atomic E-state index is 14.5.